The van der Waals surface area contributed by atoms with Crippen LogP contribution in [0.1, 0.15) is 22.6 Å². The first-order valence-electron chi connectivity index (χ1n) is 6.58. The molecule has 0 atom stereocenters. The fraction of sp³-hybridized carbons (Fsp3) is 0.250. The topological polar surface area (TPSA) is 20.2 Å². The third kappa shape index (κ3) is 4.18. The lowest BCUT2D eigenvalue weighted by Gasteiger charge is -2.24. The summed E-state index contributed by atoms with van der Waals surface area (Å²) >= 11 is 0. The number of alkyl halides is 6. The molecule has 0 radical (unpaired) electrons. The van der Waals surface area contributed by atoms with Gasteiger partial charge in [0, 0.05) is 6.42 Å². The van der Waals surface area contributed by atoms with Crippen LogP contribution in [0.4, 0.5) is 26.3 Å². The molecular weight excluding hydrogens is 322 g/mol. The Bertz CT molecular complexity index is 647. The molecule has 0 aliphatic rings. The molecule has 1 N–H and O–H groups in total. The van der Waals surface area contributed by atoms with Crippen LogP contribution in [0.5, 0.6) is 5.75 Å². The van der Waals surface area contributed by atoms with E-state index in [1.54, 1.807) is 30.3 Å². The zero-order valence-electron chi connectivity index (χ0n) is 11.6. The predicted molar refractivity (Wildman–Crippen MR) is 72.2 cm³/mol. The zero-order valence-corrected chi connectivity index (χ0v) is 11.6. The highest BCUT2D eigenvalue weighted by Crippen LogP contribution is 2.47. The molecule has 0 bridgehead atoms. The number of hydrogen-bond donors (Lipinski definition) is 1. The van der Waals surface area contributed by atoms with Crippen LogP contribution in [0.15, 0.2) is 48.5 Å². The third-order valence-corrected chi connectivity index (χ3v) is 3.33. The van der Waals surface area contributed by atoms with Crippen LogP contribution in [0.3, 0.4) is 0 Å². The predicted octanol–water partition coefficient (Wildman–Crippen LogP) is 5.19. The van der Waals surface area contributed by atoms with Gasteiger partial charge in [-0.3, -0.25) is 0 Å². The van der Waals surface area contributed by atoms with Crippen LogP contribution in [0.25, 0.3) is 0 Å². The highest BCUT2D eigenvalue weighted by molar-refractivity contribution is 5.41. The minimum atomic E-state index is -5.46. The second-order valence-electron chi connectivity index (χ2n) is 5.07. The van der Waals surface area contributed by atoms with E-state index in [1.165, 1.54) is 0 Å². The van der Waals surface area contributed by atoms with Gasteiger partial charge in [-0.25, -0.2) is 0 Å². The summed E-state index contributed by atoms with van der Waals surface area (Å²) in [6, 6.07) is 10.7. The Kier molecular flexibility index (Phi) is 4.58. The Morgan fingerprint density at radius 1 is 0.826 bits per heavy atom. The molecule has 0 unspecified atom stereocenters. The van der Waals surface area contributed by atoms with E-state index < -0.39 is 23.8 Å². The molecule has 0 aliphatic carbocycles. The van der Waals surface area contributed by atoms with Gasteiger partial charge < -0.3 is 5.11 Å². The Morgan fingerprint density at radius 3 is 1.91 bits per heavy atom. The Morgan fingerprint density at radius 2 is 1.39 bits per heavy atom. The minimum Gasteiger partial charge on any atom is -0.508 e. The van der Waals surface area contributed by atoms with E-state index in [4.69, 9.17) is 0 Å². The van der Waals surface area contributed by atoms with E-state index in [9.17, 15) is 31.4 Å². The van der Waals surface area contributed by atoms with Crippen LogP contribution < -0.4 is 0 Å². The molecule has 0 spiro atoms. The molecule has 0 fully saturated rings. The molecule has 0 amide bonds. The normalized spacial score (nSPS) is 12.7. The van der Waals surface area contributed by atoms with E-state index in [1.807, 2.05) is 0 Å². The van der Waals surface area contributed by atoms with Crippen molar-refractivity contribution in [2.24, 2.45) is 0 Å². The van der Waals surface area contributed by atoms with Crippen molar-refractivity contribution in [3.05, 3.63) is 65.2 Å². The Hall–Kier alpha value is -2.18. The summed E-state index contributed by atoms with van der Waals surface area (Å²) in [6.07, 6.45) is -10.9. The number of halogens is 6. The van der Waals surface area contributed by atoms with Crippen molar-refractivity contribution < 1.29 is 31.4 Å². The molecule has 2 rings (SSSR count). The lowest BCUT2D eigenvalue weighted by Crippen LogP contribution is -2.34. The molecule has 0 aromatic heterocycles. The SMILES string of the molecule is Oc1ccc(C(C(F)(F)F)C(F)(F)F)cc1Cc1ccccc1. The van der Waals surface area contributed by atoms with Gasteiger partial charge in [0.1, 0.15) is 5.75 Å². The zero-order chi connectivity index (χ0) is 17.3. The molecule has 2 aromatic carbocycles. The summed E-state index contributed by atoms with van der Waals surface area (Å²) in [7, 11) is 0. The number of benzene rings is 2. The van der Waals surface area contributed by atoms with Gasteiger partial charge in [0.15, 0.2) is 5.92 Å². The van der Waals surface area contributed by atoms with Crippen LogP contribution in [-0.4, -0.2) is 17.5 Å². The molecule has 124 valence electrons. The highest BCUT2D eigenvalue weighted by Gasteiger charge is 2.57. The van der Waals surface area contributed by atoms with Crippen molar-refractivity contribution in [3.63, 3.8) is 0 Å². The third-order valence-electron chi connectivity index (χ3n) is 3.33. The smallest absolute Gasteiger partial charge is 0.404 e. The second-order valence-corrected chi connectivity index (χ2v) is 5.07. The van der Waals surface area contributed by atoms with E-state index in [0.29, 0.717) is 11.6 Å². The maximum atomic E-state index is 12.8. The number of phenols is 1. The standard InChI is InChI=1S/C16H12F6O/c17-15(18,19)14(16(20,21)22)11-6-7-13(23)12(9-11)8-10-4-2-1-3-5-10/h1-7,9,14,23H,8H2. The van der Waals surface area contributed by atoms with Gasteiger partial charge in [-0.1, -0.05) is 42.5 Å². The number of aromatic hydroxyl groups is 1. The molecule has 0 saturated heterocycles. The van der Waals surface area contributed by atoms with Crippen LogP contribution in [0.2, 0.25) is 0 Å². The summed E-state index contributed by atoms with van der Waals surface area (Å²) in [6.45, 7) is 0. The van der Waals surface area contributed by atoms with Crippen molar-refractivity contribution in [3.8, 4) is 5.75 Å². The van der Waals surface area contributed by atoms with E-state index in [-0.39, 0.29) is 17.7 Å². The van der Waals surface area contributed by atoms with Gasteiger partial charge in [0.2, 0.25) is 0 Å². The fourth-order valence-corrected chi connectivity index (χ4v) is 2.31. The minimum absolute atomic E-state index is 0.00667. The van der Waals surface area contributed by atoms with Gasteiger partial charge in [0.25, 0.3) is 0 Å². The van der Waals surface area contributed by atoms with Crippen molar-refractivity contribution in [1.82, 2.24) is 0 Å². The average molecular weight is 334 g/mol. The summed E-state index contributed by atoms with van der Waals surface area (Å²) in [5, 5.41) is 9.72. The summed E-state index contributed by atoms with van der Waals surface area (Å²) in [5.74, 6) is -3.93. The lowest BCUT2D eigenvalue weighted by atomic mass is 9.93. The molecular formula is C16H12F6O. The molecule has 0 saturated carbocycles. The first-order valence-corrected chi connectivity index (χ1v) is 6.58. The first-order chi connectivity index (χ1) is 10.6. The monoisotopic (exact) mass is 334 g/mol. The van der Waals surface area contributed by atoms with Crippen molar-refractivity contribution in [1.29, 1.82) is 0 Å². The van der Waals surface area contributed by atoms with Gasteiger partial charge in [-0.05, 0) is 22.8 Å². The number of phenolic OH excluding ortho intramolecular Hbond substituents is 1. The highest BCUT2D eigenvalue weighted by atomic mass is 19.4. The molecule has 1 nitrogen and oxygen atoms in total. The summed E-state index contributed by atoms with van der Waals surface area (Å²) in [5.41, 5.74) is -0.267. The molecule has 0 aliphatic heterocycles. The maximum absolute atomic E-state index is 12.8. The lowest BCUT2D eigenvalue weighted by molar-refractivity contribution is -0.253. The summed E-state index contributed by atoms with van der Waals surface area (Å²) < 4.78 is 76.7. The van der Waals surface area contributed by atoms with Crippen LogP contribution in [0, 0.1) is 0 Å². The van der Waals surface area contributed by atoms with Crippen molar-refractivity contribution in [2.75, 3.05) is 0 Å². The summed E-state index contributed by atoms with van der Waals surface area (Å²) in [4.78, 5) is 0. The first kappa shape index (κ1) is 17.2. The molecule has 2 aromatic rings. The largest absolute Gasteiger partial charge is 0.508 e. The van der Waals surface area contributed by atoms with Crippen LogP contribution >= 0.6 is 0 Å². The molecule has 0 heterocycles. The Balaban J connectivity index is 2.43. The van der Waals surface area contributed by atoms with E-state index in [2.05, 4.69) is 0 Å². The van der Waals surface area contributed by atoms with Gasteiger partial charge >= 0.3 is 12.4 Å². The van der Waals surface area contributed by atoms with Crippen molar-refractivity contribution in [2.45, 2.75) is 24.7 Å². The second kappa shape index (κ2) is 6.14. The number of rotatable bonds is 3. The van der Waals surface area contributed by atoms with Crippen molar-refractivity contribution >= 4 is 0 Å². The quantitative estimate of drug-likeness (QED) is 0.766. The van der Waals surface area contributed by atoms with Gasteiger partial charge in [0.05, 0.1) is 0 Å². The van der Waals surface area contributed by atoms with Gasteiger partial charge in [-0.15, -0.1) is 0 Å². The average Bonchev–Trinajstić information content (AvgIpc) is 2.40. The van der Waals surface area contributed by atoms with Crippen LogP contribution in [-0.2, 0) is 6.42 Å². The van der Waals surface area contributed by atoms with E-state index >= 15 is 0 Å². The maximum Gasteiger partial charge on any atom is 0.404 e. The Labute approximate surface area is 128 Å². The fourth-order valence-electron chi connectivity index (χ4n) is 2.31. The van der Waals surface area contributed by atoms with Gasteiger partial charge in [-0.2, -0.15) is 26.3 Å². The van der Waals surface area contributed by atoms with E-state index in [0.717, 1.165) is 12.1 Å². The molecule has 23 heavy (non-hydrogen) atoms. The molecule has 7 heteroatoms. The number of hydrogen-bond acceptors (Lipinski definition) is 1.